The molecule has 0 unspecified atom stereocenters. The molecule has 0 atom stereocenters. The fourth-order valence-corrected chi connectivity index (χ4v) is 2.19. The number of aromatic nitrogens is 2. The minimum Gasteiger partial charge on any atom is -0.497 e. The van der Waals surface area contributed by atoms with Gasteiger partial charge in [0, 0.05) is 5.69 Å². The Labute approximate surface area is 115 Å². The van der Waals surface area contributed by atoms with Gasteiger partial charge < -0.3 is 10.5 Å². The van der Waals surface area contributed by atoms with Gasteiger partial charge >= 0.3 is 0 Å². The highest BCUT2D eigenvalue weighted by molar-refractivity contribution is 5.81. The second-order valence-electron chi connectivity index (χ2n) is 4.33. The molecule has 20 heavy (non-hydrogen) atoms. The van der Waals surface area contributed by atoms with Gasteiger partial charge in [-0.1, -0.05) is 12.1 Å². The fraction of sp³-hybridized carbons (Fsp3) is 0.0667. The number of hydrogen-bond donors (Lipinski definition) is 1. The average molecular weight is 267 g/mol. The van der Waals surface area contributed by atoms with Crippen molar-refractivity contribution in [3.8, 4) is 11.4 Å². The largest absolute Gasteiger partial charge is 0.497 e. The zero-order chi connectivity index (χ0) is 14.1. The summed E-state index contributed by atoms with van der Waals surface area (Å²) >= 11 is 0. The molecule has 0 saturated heterocycles. The summed E-state index contributed by atoms with van der Waals surface area (Å²) in [5.41, 5.74) is 7.15. The van der Waals surface area contributed by atoms with Crippen molar-refractivity contribution in [2.24, 2.45) is 0 Å². The molecule has 5 nitrogen and oxygen atoms in total. The Bertz CT molecular complexity index is 823. The van der Waals surface area contributed by atoms with E-state index >= 15 is 0 Å². The van der Waals surface area contributed by atoms with Gasteiger partial charge in [-0.25, -0.2) is 0 Å². The molecule has 0 radical (unpaired) electrons. The molecular formula is C15H13N3O2. The maximum Gasteiger partial charge on any atom is 0.282 e. The Kier molecular flexibility index (Phi) is 2.87. The number of ether oxygens (including phenoxy) is 1. The van der Waals surface area contributed by atoms with Gasteiger partial charge in [-0.3, -0.25) is 9.36 Å². The number of nitrogens with two attached hydrogens (primary N) is 1. The minimum atomic E-state index is -0.317. The smallest absolute Gasteiger partial charge is 0.282 e. The van der Waals surface area contributed by atoms with E-state index in [1.807, 2.05) is 36.4 Å². The van der Waals surface area contributed by atoms with Crippen LogP contribution in [0.1, 0.15) is 0 Å². The van der Waals surface area contributed by atoms with E-state index in [4.69, 9.17) is 10.5 Å². The van der Waals surface area contributed by atoms with Crippen molar-refractivity contribution in [2.75, 3.05) is 12.8 Å². The first-order valence-electron chi connectivity index (χ1n) is 6.12. The highest BCUT2D eigenvalue weighted by atomic mass is 16.5. The number of nitrogens with zero attached hydrogens (tertiary/aromatic N) is 2. The normalized spacial score (nSPS) is 10.7. The molecule has 0 fully saturated rings. The maximum absolute atomic E-state index is 11.9. The van der Waals surface area contributed by atoms with Crippen LogP contribution < -0.4 is 16.0 Å². The summed E-state index contributed by atoms with van der Waals surface area (Å²) in [5, 5.41) is 0.539. The minimum absolute atomic E-state index is 0.166. The van der Waals surface area contributed by atoms with Crippen LogP contribution >= 0.6 is 0 Å². The number of hydrogen-bond acceptors (Lipinski definition) is 4. The number of rotatable bonds is 2. The molecule has 1 heterocycles. The van der Waals surface area contributed by atoms with Crippen LogP contribution in [-0.4, -0.2) is 16.7 Å². The van der Waals surface area contributed by atoms with E-state index in [0.717, 1.165) is 17.0 Å². The molecule has 5 heteroatoms. The molecule has 2 N–H and O–H groups in total. The maximum atomic E-state index is 11.9. The number of fused-ring (bicyclic) bond motifs is 1. The van der Waals surface area contributed by atoms with Gasteiger partial charge in [-0.05, 0) is 36.4 Å². The van der Waals surface area contributed by atoms with Crippen LogP contribution in [0.5, 0.6) is 5.75 Å². The molecule has 0 aliphatic heterocycles. The molecule has 1 aromatic heterocycles. The second kappa shape index (κ2) is 4.70. The first kappa shape index (κ1) is 12.2. The van der Waals surface area contributed by atoms with Gasteiger partial charge in [0.15, 0.2) is 0 Å². The lowest BCUT2D eigenvalue weighted by atomic mass is 10.2. The van der Waals surface area contributed by atoms with Crippen LogP contribution in [-0.2, 0) is 0 Å². The summed E-state index contributed by atoms with van der Waals surface area (Å²) in [6.07, 6.45) is 0. The summed E-state index contributed by atoms with van der Waals surface area (Å²) in [5.74, 6) is 0.921. The number of methoxy groups -OCH3 is 1. The van der Waals surface area contributed by atoms with Crippen LogP contribution in [0.3, 0.4) is 0 Å². The zero-order valence-corrected chi connectivity index (χ0v) is 10.9. The molecule has 0 aliphatic rings. The summed E-state index contributed by atoms with van der Waals surface area (Å²) in [6.45, 7) is 0. The Morgan fingerprint density at radius 3 is 2.50 bits per heavy atom. The van der Waals surface area contributed by atoms with Crippen LogP contribution in [0.2, 0.25) is 0 Å². The summed E-state index contributed by atoms with van der Waals surface area (Å²) in [4.78, 5) is 15.7. The Hall–Kier alpha value is -2.82. The van der Waals surface area contributed by atoms with E-state index in [0.29, 0.717) is 5.39 Å². The molecule has 3 rings (SSSR count). The lowest BCUT2D eigenvalue weighted by Crippen LogP contribution is -2.16. The van der Waals surface area contributed by atoms with Crippen molar-refractivity contribution in [1.82, 2.24) is 9.55 Å². The standard InChI is InChI=1S/C15H13N3O2/c1-20-11-8-6-10(7-9-11)18-13-5-3-2-4-12(13)14(19)17-15(18)16/h2-9H,1H3,(H2,16,17,19). The van der Waals surface area contributed by atoms with E-state index in [2.05, 4.69) is 4.98 Å². The number of benzene rings is 2. The van der Waals surface area contributed by atoms with Crippen molar-refractivity contribution >= 4 is 16.9 Å². The van der Waals surface area contributed by atoms with Crippen LogP contribution in [0.25, 0.3) is 16.6 Å². The Balaban J connectivity index is 2.32. The van der Waals surface area contributed by atoms with Crippen LogP contribution in [0.15, 0.2) is 53.3 Å². The molecule has 0 amide bonds. The van der Waals surface area contributed by atoms with Crippen LogP contribution in [0, 0.1) is 0 Å². The monoisotopic (exact) mass is 267 g/mol. The third-order valence-electron chi connectivity index (χ3n) is 3.15. The molecular weight excluding hydrogens is 254 g/mol. The second-order valence-corrected chi connectivity index (χ2v) is 4.33. The van der Waals surface area contributed by atoms with E-state index in [1.54, 1.807) is 23.8 Å². The predicted octanol–water partition coefficient (Wildman–Crippen LogP) is 1.98. The number of anilines is 1. The first-order valence-corrected chi connectivity index (χ1v) is 6.12. The Morgan fingerprint density at radius 1 is 1.10 bits per heavy atom. The molecule has 0 saturated carbocycles. The molecule has 100 valence electrons. The number of nitrogen functional groups attached to an aromatic ring is 1. The van der Waals surface area contributed by atoms with E-state index in [1.165, 1.54) is 0 Å². The number of para-hydroxylation sites is 1. The van der Waals surface area contributed by atoms with Crippen molar-refractivity contribution < 1.29 is 4.74 Å². The quantitative estimate of drug-likeness (QED) is 0.770. The van der Waals surface area contributed by atoms with Gasteiger partial charge in [-0.15, -0.1) is 0 Å². The molecule has 0 bridgehead atoms. The lowest BCUT2D eigenvalue weighted by Gasteiger charge is -2.13. The summed E-state index contributed by atoms with van der Waals surface area (Å²) in [7, 11) is 1.61. The topological polar surface area (TPSA) is 70.1 Å². The van der Waals surface area contributed by atoms with Crippen molar-refractivity contribution in [1.29, 1.82) is 0 Å². The van der Waals surface area contributed by atoms with Gasteiger partial charge in [0.25, 0.3) is 5.56 Å². The van der Waals surface area contributed by atoms with Gasteiger partial charge in [-0.2, -0.15) is 4.98 Å². The SMILES string of the molecule is COc1ccc(-n2c(N)nc(=O)c3ccccc32)cc1. The van der Waals surface area contributed by atoms with Gasteiger partial charge in [0.05, 0.1) is 18.0 Å². The molecule has 2 aromatic carbocycles. The van der Waals surface area contributed by atoms with Crippen LogP contribution in [0.4, 0.5) is 5.95 Å². The zero-order valence-electron chi connectivity index (χ0n) is 10.9. The third kappa shape index (κ3) is 1.89. The lowest BCUT2D eigenvalue weighted by molar-refractivity contribution is 0.415. The third-order valence-corrected chi connectivity index (χ3v) is 3.15. The van der Waals surface area contributed by atoms with Crippen molar-refractivity contribution in [3.05, 3.63) is 58.9 Å². The van der Waals surface area contributed by atoms with E-state index in [9.17, 15) is 4.79 Å². The average Bonchev–Trinajstić information content (AvgIpc) is 2.48. The van der Waals surface area contributed by atoms with E-state index in [-0.39, 0.29) is 11.5 Å². The predicted molar refractivity (Wildman–Crippen MR) is 78.3 cm³/mol. The van der Waals surface area contributed by atoms with Crippen molar-refractivity contribution in [3.63, 3.8) is 0 Å². The summed E-state index contributed by atoms with van der Waals surface area (Å²) in [6, 6.07) is 14.7. The van der Waals surface area contributed by atoms with Crippen molar-refractivity contribution in [2.45, 2.75) is 0 Å². The highest BCUT2D eigenvalue weighted by Crippen LogP contribution is 2.21. The molecule has 0 spiro atoms. The van der Waals surface area contributed by atoms with Gasteiger partial charge in [0.2, 0.25) is 5.95 Å². The molecule has 3 aromatic rings. The highest BCUT2D eigenvalue weighted by Gasteiger charge is 2.09. The van der Waals surface area contributed by atoms with Gasteiger partial charge in [0.1, 0.15) is 5.75 Å². The first-order chi connectivity index (χ1) is 9.70. The molecule has 0 aliphatic carbocycles. The fourth-order valence-electron chi connectivity index (χ4n) is 2.19. The van der Waals surface area contributed by atoms with E-state index < -0.39 is 0 Å². The summed E-state index contributed by atoms with van der Waals surface area (Å²) < 4.78 is 6.88. The Morgan fingerprint density at radius 2 is 1.80 bits per heavy atom.